The molecule has 3 aromatic rings. The Kier molecular flexibility index (Phi) is 5.23. The van der Waals surface area contributed by atoms with Gasteiger partial charge >= 0.3 is 0 Å². The smallest absolute Gasteiger partial charge is 0.121 e. The fourth-order valence-electron chi connectivity index (χ4n) is 4.58. The van der Waals surface area contributed by atoms with Gasteiger partial charge in [0.15, 0.2) is 0 Å². The third-order valence-electron chi connectivity index (χ3n) is 5.79. The van der Waals surface area contributed by atoms with Crippen LogP contribution in [0.4, 0.5) is 0 Å². The lowest BCUT2D eigenvalue weighted by Gasteiger charge is -2.41. The molecule has 5 rings (SSSR count). The molecule has 144 valence electrons. The zero-order chi connectivity index (χ0) is 19.7. The highest BCUT2D eigenvalue weighted by Gasteiger charge is 2.57. The van der Waals surface area contributed by atoms with Crippen LogP contribution in [0.15, 0.2) is 116 Å². The van der Waals surface area contributed by atoms with Crippen molar-refractivity contribution < 1.29 is 4.74 Å². The molecule has 2 heterocycles. The standard InChI is InChI=1S/C26H24OP2/c1-2-28(22-12-6-3-7-13-22)25-20-21-18-19-26(25,27-21)29(23-14-8-4-9-15-23)24-16-10-5-11-17-24/h2-19,21,25H,1,20H2/t21-,25-,26-,28?/m1/s1. The first-order valence-corrected chi connectivity index (χ1v) is 12.9. The average Bonchev–Trinajstić information content (AvgIpc) is 3.36. The summed E-state index contributed by atoms with van der Waals surface area (Å²) in [6.07, 6.45) is 5.96. The molecule has 29 heavy (non-hydrogen) atoms. The summed E-state index contributed by atoms with van der Waals surface area (Å²) in [5.41, 5.74) is 0.430. The van der Waals surface area contributed by atoms with Crippen LogP contribution in [-0.4, -0.2) is 17.1 Å². The predicted molar refractivity (Wildman–Crippen MR) is 127 cm³/mol. The highest BCUT2D eigenvalue weighted by molar-refractivity contribution is 7.76. The van der Waals surface area contributed by atoms with Crippen molar-refractivity contribution in [1.82, 2.24) is 0 Å². The lowest BCUT2D eigenvalue weighted by atomic mass is 10.1. The van der Waals surface area contributed by atoms with Crippen LogP contribution in [0.3, 0.4) is 0 Å². The molecule has 2 aliphatic heterocycles. The summed E-state index contributed by atoms with van der Waals surface area (Å²) in [5, 5.41) is 3.86. The minimum atomic E-state index is -0.703. The topological polar surface area (TPSA) is 9.23 Å². The van der Waals surface area contributed by atoms with Crippen LogP contribution in [0, 0.1) is 0 Å². The average molecular weight is 414 g/mol. The summed E-state index contributed by atoms with van der Waals surface area (Å²) in [6, 6.07) is 32.8. The maximum Gasteiger partial charge on any atom is 0.121 e. The molecule has 0 amide bonds. The lowest BCUT2D eigenvalue weighted by molar-refractivity contribution is 0.0956. The first-order chi connectivity index (χ1) is 14.3. The largest absolute Gasteiger partial charge is 0.358 e. The molecular weight excluding hydrogens is 390 g/mol. The maximum atomic E-state index is 6.83. The van der Waals surface area contributed by atoms with E-state index in [1.165, 1.54) is 15.9 Å². The summed E-state index contributed by atoms with van der Waals surface area (Å²) in [4.78, 5) is 0. The fourth-order valence-corrected chi connectivity index (χ4v) is 10.5. The molecule has 3 aromatic carbocycles. The highest BCUT2D eigenvalue weighted by Crippen LogP contribution is 2.67. The van der Waals surface area contributed by atoms with Crippen molar-refractivity contribution in [3.05, 3.63) is 116 Å². The molecule has 0 aliphatic carbocycles. The molecule has 1 nitrogen and oxygen atoms in total. The van der Waals surface area contributed by atoms with Crippen molar-refractivity contribution in [2.75, 3.05) is 0 Å². The summed E-state index contributed by atoms with van der Waals surface area (Å²) in [5.74, 6) is 2.19. The second-order valence-corrected chi connectivity index (χ2v) is 12.2. The van der Waals surface area contributed by atoms with E-state index in [1.54, 1.807) is 0 Å². The Balaban J connectivity index is 1.65. The van der Waals surface area contributed by atoms with Crippen LogP contribution in [0.2, 0.25) is 0 Å². The molecule has 2 bridgehead atoms. The summed E-state index contributed by atoms with van der Waals surface area (Å²) < 4.78 is 6.83. The van der Waals surface area contributed by atoms with Crippen molar-refractivity contribution in [3.8, 4) is 0 Å². The Labute approximate surface area is 175 Å². The molecule has 0 aromatic heterocycles. The molecule has 1 unspecified atom stereocenters. The van der Waals surface area contributed by atoms with Gasteiger partial charge in [-0.3, -0.25) is 0 Å². The van der Waals surface area contributed by atoms with Gasteiger partial charge in [-0.05, 0) is 44.3 Å². The van der Waals surface area contributed by atoms with E-state index in [0.717, 1.165) is 6.42 Å². The van der Waals surface area contributed by atoms with Gasteiger partial charge in [0.25, 0.3) is 0 Å². The first kappa shape index (κ1) is 19.0. The fraction of sp³-hybridized carbons (Fsp3) is 0.154. The normalized spacial score (nSPS) is 26.0. The van der Waals surface area contributed by atoms with Crippen LogP contribution in [0.5, 0.6) is 0 Å². The van der Waals surface area contributed by atoms with E-state index < -0.39 is 15.8 Å². The van der Waals surface area contributed by atoms with Gasteiger partial charge in [-0.1, -0.05) is 109 Å². The van der Waals surface area contributed by atoms with Crippen molar-refractivity contribution in [2.45, 2.75) is 23.5 Å². The Morgan fingerprint density at radius 2 is 1.31 bits per heavy atom. The Hall–Kier alpha value is -2.04. The number of hydrogen-bond donors (Lipinski definition) is 0. The Morgan fingerprint density at radius 3 is 1.79 bits per heavy atom. The van der Waals surface area contributed by atoms with Crippen LogP contribution in [0.25, 0.3) is 0 Å². The molecule has 4 atom stereocenters. The van der Waals surface area contributed by atoms with Crippen molar-refractivity contribution in [2.24, 2.45) is 0 Å². The molecule has 2 aliphatic rings. The number of hydrogen-bond acceptors (Lipinski definition) is 1. The van der Waals surface area contributed by atoms with Crippen LogP contribution < -0.4 is 15.9 Å². The quantitative estimate of drug-likeness (QED) is 0.383. The molecule has 3 heteroatoms. The van der Waals surface area contributed by atoms with Crippen LogP contribution in [0.1, 0.15) is 6.42 Å². The molecule has 0 N–H and O–H groups in total. The minimum absolute atomic E-state index is 0.214. The summed E-state index contributed by atoms with van der Waals surface area (Å²) in [7, 11) is -1.23. The number of benzene rings is 3. The summed E-state index contributed by atoms with van der Waals surface area (Å²) >= 11 is 0. The zero-order valence-electron chi connectivity index (χ0n) is 16.3. The van der Waals surface area contributed by atoms with Gasteiger partial charge in [-0.15, -0.1) is 0 Å². The van der Waals surface area contributed by atoms with Gasteiger partial charge in [0, 0.05) is 5.66 Å². The maximum absolute atomic E-state index is 6.83. The number of fused-ring (bicyclic) bond motifs is 2. The minimum Gasteiger partial charge on any atom is -0.358 e. The van der Waals surface area contributed by atoms with E-state index >= 15 is 0 Å². The van der Waals surface area contributed by atoms with Crippen molar-refractivity contribution in [3.63, 3.8) is 0 Å². The third kappa shape index (κ3) is 3.32. The lowest BCUT2D eigenvalue weighted by Crippen LogP contribution is -2.40. The Morgan fingerprint density at radius 1 is 0.793 bits per heavy atom. The van der Waals surface area contributed by atoms with E-state index in [2.05, 4.69) is 116 Å². The molecule has 1 saturated heterocycles. The predicted octanol–water partition coefficient (Wildman–Crippen LogP) is 5.49. The van der Waals surface area contributed by atoms with Gasteiger partial charge in [-0.25, -0.2) is 0 Å². The van der Waals surface area contributed by atoms with Crippen molar-refractivity contribution >= 4 is 31.8 Å². The van der Waals surface area contributed by atoms with Crippen molar-refractivity contribution in [1.29, 1.82) is 0 Å². The van der Waals surface area contributed by atoms with Crippen LogP contribution >= 0.6 is 15.8 Å². The monoisotopic (exact) mass is 414 g/mol. The first-order valence-electron chi connectivity index (χ1n) is 10.1. The SMILES string of the molecule is C=CP(c1ccccc1)[C@@H]1C[C@H]2C=C[C@]1(P(c1ccccc1)c1ccccc1)O2. The molecule has 0 radical (unpaired) electrons. The summed E-state index contributed by atoms with van der Waals surface area (Å²) in [6.45, 7) is 4.26. The van der Waals surface area contributed by atoms with Gasteiger partial charge in [-0.2, -0.15) is 0 Å². The van der Waals surface area contributed by atoms with Gasteiger partial charge in [0.2, 0.25) is 0 Å². The second-order valence-electron chi connectivity index (χ2n) is 7.45. The Bertz CT molecular complexity index is 963. The number of ether oxygens (including phenoxy) is 1. The van der Waals surface area contributed by atoms with E-state index in [1.807, 2.05) is 0 Å². The van der Waals surface area contributed by atoms with E-state index in [9.17, 15) is 0 Å². The molecule has 1 fully saturated rings. The van der Waals surface area contributed by atoms with E-state index in [-0.39, 0.29) is 11.4 Å². The van der Waals surface area contributed by atoms with Crippen LogP contribution in [-0.2, 0) is 4.74 Å². The number of rotatable bonds is 6. The molecule has 0 spiro atoms. The third-order valence-corrected chi connectivity index (χ3v) is 11.4. The zero-order valence-corrected chi connectivity index (χ0v) is 18.1. The second kappa shape index (κ2) is 8.00. The van der Waals surface area contributed by atoms with Gasteiger partial charge in [0.1, 0.15) is 5.34 Å². The van der Waals surface area contributed by atoms with E-state index in [4.69, 9.17) is 4.74 Å². The van der Waals surface area contributed by atoms with Gasteiger partial charge in [0.05, 0.1) is 6.10 Å². The van der Waals surface area contributed by atoms with E-state index in [0.29, 0.717) is 5.66 Å². The van der Waals surface area contributed by atoms with Gasteiger partial charge < -0.3 is 4.74 Å². The highest BCUT2D eigenvalue weighted by atomic mass is 31.1. The molecule has 0 saturated carbocycles. The molecular formula is C26H24OP2.